The predicted molar refractivity (Wildman–Crippen MR) is 70.8 cm³/mol. The molecule has 1 amide bonds. The van der Waals surface area contributed by atoms with Gasteiger partial charge >= 0.3 is 0 Å². The van der Waals surface area contributed by atoms with Crippen LogP contribution in [0.5, 0.6) is 0 Å². The van der Waals surface area contributed by atoms with Crippen LogP contribution in [0.2, 0.25) is 0 Å². The molecule has 1 heterocycles. The second kappa shape index (κ2) is 6.44. The first-order chi connectivity index (χ1) is 8.54. The van der Waals surface area contributed by atoms with Crippen LogP contribution in [0.4, 0.5) is 5.69 Å². The molecular formula is C11H14BrN3O3. The van der Waals surface area contributed by atoms with Crippen LogP contribution in [-0.4, -0.2) is 33.8 Å². The van der Waals surface area contributed by atoms with Gasteiger partial charge in [-0.3, -0.25) is 19.9 Å². The van der Waals surface area contributed by atoms with Gasteiger partial charge in [-0.05, 0) is 13.8 Å². The molecule has 0 aliphatic heterocycles. The Bertz CT molecular complexity index is 461. The van der Waals surface area contributed by atoms with E-state index in [4.69, 9.17) is 0 Å². The standard InChI is InChI=1S/C11H14BrN3O3/c1-3-14(4-2)11(16)9-5-8(15(17)18)7-13-10(9)6-12/h5,7H,3-4,6H2,1-2H3. The summed E-state index contributed by atoms with van der Waals surface area (Å²) in [7, 11) is 0. The quantitative estimate of drug-likeness (QED) is 0.475. The molecule has 1 aromatic rings. The lowest BCUT2D eigenvalue weighted by molar-refractivity contribution is -0.385. The molecule has 0 radical (unpaired) electrons. The van der Waals surface area contributed by atoms with Gasteiger partial charge in [-0.25, -0.2) is 0 Å². The zero-order valence-electron chi connectivity index (χ0n) is 10.2. The molecule has 18 heavy (non-hydrogen) atoms. The summed E-state index contributed by atoms with van der Waals surface area (Å²) < 4.78 is 0. The molecule has 0 spiro atoms. The van der Waals surface area contributed by atoms with Crippen LogP contribution in [0.15, 0.2) is 12.3 Å². The number of rotatable bonds is 5. The number of nitro groups is 1. The molecule has 0 saturated heterocycles. The molecule has 98 valence electrons. The maximum Gasteiger partial charge on any atom is 0.288 e. The van der Waals surface area contributed by atoms with Crippen LogP contribution in [0.25, 0.3) is 0 Å². The summed E-state index contributed by atoms with van der Waals surface area (Å²) in [5.41, 5.74) is 0.623. The van der Waals surface area contributed by atoms with Crippen molar-refractivity contribution in [3.63, 3.8) is 0 Å². The molecule has 0 saturated carbocycles. The molecule has 1 rings (SSSR count). The van der Waals surface area contributed by atoms with Crippen molar-refractivity contribution in [3.05, 3.63) is 33.6 Å². The third-order valence-corrected chi connectivity index (χ3v) is 3.11. The minimum Gasteiger partial charge on any atom is -0.339 e. The van der Waals surface area contributed by atoms with Crippen LogP contribution in [0.1, 0.15) is 29.9 Å². The summed E-state index contributed by atoms with van der Waals surface area (Å²) in [4.78, 5) is 27.9. The number of hydrogen-bond donors (Lipinski definition) is 0. The van der Waals surface area contributed by atoms with Gasteiger partial charge in [-0.15, -0.1) is 0 Å². The van der Waals surface area contributed by atoms with Gasteiger partial charge in [-0.2, -0.15) is 0 Å². The van der Waals surface area contributed by atoms with Gasteiger partial charge in [0.15, 0.2) is 0 Å². The largest absolute Gasteiger partial charge is 0.339 e. The highest BCUT2D eigenvalue weighted by Crippen LogP contribution is 2.19. The first kappa shape index (κ1) is 14.6. The number of carbonyl (C=O) groups is 1. The lowest BCUT2D eigenvalue weighted by Crippen LogP contribution is -2.31. The van der Waals surface area contributed by atoms with E-state index in [0.29, 0.717) is 24.1 Å². The van der Waals surface area contributed by atoms with E-state index in [1.54, 1.807) is 4.90 Å². The first-order valence-electron chi connectivity index (χ1n) is 5.53. The molecule has 0 fully saturated rings. The molecule has 6 nitrogen and oxygen atoms in total. The number of amides is 1. The summed E-state index contributed by atoms with van der Waals surface area (Å²) >= 11 is 3.23. The monoisotopic (exact) mass is 315 g/mol. The Hall–Kier alpha value is -1.50. The second-order valence-corrected chi connectivity index (χ2v) is 4.12. The van der Waals surface area contributed by atoms with Crippen molar-refractivity contribution < 1.29 is 9.72 Å². The van der Waals surface area contributed by atoms with E-state index < -0.39 is 4.92 Å². The average molecular weight is 316 g/mol. The second-order valence-electron chi connectivity index (χ2n) is 3.56. The van der Waals surface area contributed by atoms with Gasteiger partial charge in [0.25, 0.3) is 11.6 Å². The molecule has 7 heteroatoms. The summed E-state index contributed by atoms with van der Waals surface area (Å²) in [5, 5.41) is 11.1. The van der Waals surface area contributed by atoms with Gasteiger partial charge in [0.1, 0.15) is 6.20 Å². The number of pyridine rings is 1. The predicted octanol–water partition coefficient (Wildman–Crippen LogP) is 2.37. The molecule has 0 aliphatic carbocycles. The molecular weight excluding hydrogens is 302 g/mol. The highest BCUT2D eigenvalue weighted by molar-refractivity contribution is 9.08. The summed E-state index contributed by atoms with van der Waals surface area (Å²) in [6.07, 6.45) is 1.16. The van der Waals surface area contributed by atoms with Gasteiger partial charge in [0, 0.05) is 24.5 Å². The van der Waals surface area contributed by atoms with Crippen LogP contribution in [0.3, 0.4) is 0 Å². The van der Waals surface area contributed by atoms with Crippen LogP contribution in [-0.2, 0) is 5.33 Å². The molecule has 0 aromatic carbocycles. The average Bonchev–Trinajstić information content (AvgIpc) is 2.39. The van der Waals surface area contributed by atoms with E-state index in [0.717, 1.165) is 6.20 Å². The molecule has 0 atom stereocenters. The van der Waals surface area contributed by atoms with Crippen molar-refractivity contribution in [2.24, 2.45) is 0 Å². The van der Waals surface area contributed by atoms with Crippen molar-refractivity contribution in [2.75, 3.05) is 13.1 Å². The fourth-order valence-corrected chi connectivity index (χ4v) is 2.00. The highest BCUT2D eigenvalue weighted by Gasteiger charge is 2.20. The summed E-state index contributed by atoms with van der Waals surface area (Å²) in [6.45, 7) is 4.83. The highest BCUT2D eigenvalue weighted by atomic mass is 79.9. The zero-order valence-corrected chi connectivity index (χ0v) is 11.8. The van der Waals surface area contributed by atoms with E-state index in [2.05, 4.69) is 20.9 Å². The topological polar surface area (TPSA) is 76.3 Å². The molecule has 0 aliphatic rings. The van der Waals surface area contributed by atoms with Crippen molar-refractivity contribution >= 4 is 27.5 Å². The number of hydrogen-bond acceptors (Lipinski definition) is 4. The van der Waals surface area contributed by atoms with Gasteiger partial charge in [0.2, 0.25) is 0 Å². The molecule has 0 bridgehead atoms. The SMILES string of the molecule is CCN(CC)C(=O)c1cc([N+](=O)[O-])cnc1CBr. The Kier molecular flexibility index (Phi) is 5.21. The number of alkyl halides is 1. The maximum atomic E-state index is 12.2. The Morgan fingerprint density at radius 3 is 2.56 bits per heavy atom. The Labute approximate surface area is 113 Å². The smallest absolute Gasteiger partial charge is 0.288 e. The van der Waals surface area contributed by atoms with Crippen LogP contribution < -0.4 is 0 Å². The Morgan fingerprint density at radius 2 is 2.11 bits per heavy atom. The summed E-state index contributed by atoms with van der Waals surface area (Å²) in [5.74, 6) is -0.231. The fourth-order valence-electron chi connectivity index (χ4n) is 1.55. The first-order valence-corrected chi connectivity index (χ1v) is 6.65. The minimum atomic E-state index is -0.552. The molecule has 0 unspecified atom stereocenters. The van der Waals surface area contributed by atoms with E-state index in [-0.39, 0.29) is 17.2 Å². The lowest BCUT2D eigenvalue weighted by Gasteiger charge is -2.19. The number of carbonyl (C=O) groups excluding carboxylic acids is 1. The van der Waals surface area contributed by atoms with E-state index in [9.17, 15) is 14.9 Å². The van der Waals surface area contributed by atoms with Crippen LogP contribution in [0, 0.1) is 10.1 Å². The maximum absolute atomic E-state index is 12.2. The Balaban J connectivity index is 3.23. The van der Waals surface area contributed by atoms with Crippen molar-refractivity contribution in [3.8, 4) is 0 Å². The third-order valence-electron chi connectivity index (χ3n) is 2.57. The van der Waals surface area contributed by atoms with Crippen molar-refractivity contribution in [1.29, 1.82) is 0 Å². The van der Waals surface area contributed by atoms with Gasteiger partial charge in [0.05, 0.1) is 16.2 Å². The van der Waals surface area contributed by atoms with E-state index in [1.807, 2.05) is 13.8 Å². The fraction of sp³-hybridized carbons (Fsp3) is 0.455. The number of halogens is 1. The zero-order chi connectivity index (χ0) is 13.7. The van der Waals surface area contributed by atoms with E-state index in [1.165, 1.54) is 6.07 Å². The molecule has 0 N–H and O–H groups in total. The van der Waals surface area contributed by atoms with Gasteiger partial charge < -0.3 is 4.90 Å². The van der Waals surface area contributed by atoms with Crippen molar-refractivity contribution in [2.45, 2.75) is 19.2 Å². The minimum absolute atomic E-state index is 0.171. The van der Waals surface area contributed by atoms with Crippen molar-refractivity contribution in [1.82, 2.24) is 9.88 Å². The number of aromatic nitrogens is 1. The lowest BCUT2D eigenvalue weighted by atomic mass is 10.1. The molecule has 1 aromatic heterocycles. The third kappa shape index (κ3) is 3.04. The summed E-state index contributed by atoms with van der Waals surface area (Å²) in [6, 6.07) is 1.28. The van der Waals surface area contributed by atoms with E-state index >= 15 is 0 Å². The normalized spacial score (nSPS) is 10.2. The van der Waals surface area contributed by atoms with Crippen LogP contribution >= 0.6 is 15.9 Å². The van der Waals surface area contributed by atoms with Gasteiger partial charge in [-0.1, -0.05) is 15.9 Å². The Morgan fingerprint density at radius 1 is 1.50 bits per heavy atom. The number of nitrogens with zero attached hydrogens (tertiary/aromatic N) is 3.